The minimum Gasteiger partial charge on any atom is -0.369 e. The van der Waals surface area contributed by atoms with Crippen LogP contribution in [0.25, 0.3) is 0 Å². The summed E-state index contributed by atoms with van der Waals surface area (Å²) in [7, 11) is 1.99. The molecule has 1 aromatic rings. The lowest BCUT2D eigenvalue weighted by atomic mass is 9.98. The molecule has 0 amide bonds. The molecular weight excluding hydrogens is 222 g/mol. The molecule has 0 saturated heterocycles. The first-order valence-corrected chi connectivity index (χ1v) is 5.79. The summed E-state index contributed by atoms with van der Waals surface area (Å²) in [5.41, 5.74) is 1.45. The normalized spacial score (nSPS) is 11.3. The van der Waals surface area contributed by atoms with Crippen LogP contribution in [0.15, 0.2) is 18.2 Å². The molecule has 0 N–H and O–H groups in total. The fourth-order valence-electron chi connectivity index (χ4n) is 1.50. The van der Waals surface area contributed by atoms with Crippen LogP contribution >= 0.6 is 11.6 Å². The van der Waals surface area contributed by atoms with E-state index in [-0.39, 0.29) is 5.54 Å². The van der Waals surface area contributed by atoms with Gasteiger partial charge in [0.15, 0.2) is 6.29 Å². The summed E-state index contributed by atoms with van der Waals surface area (Å²) in [5.74, 6) is 0. The van der Waals surface area contributed by atoms with Crippen LogP contribution in [0.3, 0.4) is 0 Å². The summed E-state index contributed by atoms with van der Waals surface area (Å²) in [6.07, 6.45) is 1.81. The number of hydrogen-bond acceptors (Lipinski definition) is 2. The van der Waals surface area contributed by atoms with Crippen LogP contribution in [-0.2, 0) is 0 Å². The zero-order chi connectivity index (χ0) is 12.3. The molecule has 0 aromatic heterocycles. The average Bonchev–Trinajstić information content (AvgIpc) is 2.27. The van der Waals surface area contributed by atoms with Gasteiger partial charge in [-0.1, -0.05) is 24.6 Å². The number of benzene rings is 1. The minimum atomic E-state index is 0.00242. The second kappa shape index (κ2) is 4.88. The first-order chi connectivity index (χ1) is 7.44. The van der Waals surface area contributed by atoms with Gasteiger partial charge < -0.3 is 4.90 Å². The van der Waals surface area contributed by atoms with Crippen molar-refractivity contribution in [3.8, 4) is 0 Å². The van der Waals surface area contributed by atoms with Gasteiger partial charge in [0.1, 0.15) is 0 Å². The Kier molecular flexibility index (Phi) is 3.98. The van der Waals surface area contributed by atoms with Crippen molar-refractivity contribution in [2.24, 2.45) is 0 Å². The van der Waals surface area contributed by atoms with E-state index < -0.39 is 0 Å². The highest BCUT2D eigenvalue weighted by Crippen LogP contribution is 2.30. The van der Waals surface area contributed by atoms with E-state index in [1.165, 1.54) is 0 Å². The summed E-state index contributed by atoms with van der Waals surface area (Å²) >= 11 is 6.01. The summed E-state index contributed by atoms with van der Waals surface area (Å²) in [5, 5.41) is 0.506. The Balaban J connectivity index is 3.23. The fraction of sp³-hybridized carbons (Fsp3) is 0.462. The lowest BCUT2D eigenvalue weighted by Gasteiger charge is -2.37. The molecule has 1 rings (SSSR count). The molecule has 0 bridgehead atoms. The molecule has 0 aliphatic heterocycles. The quantitative estimate of drug-likeness (QED) is 0.746. The van der Waals surface area contributed by atoms with E-state index in [4.69, 9.17) is 11.6 Å². The molecule has 0 aliphatic carbocycles. The van der Waals surface area contributed by atoms with Crippen molar-refractivity contribution in [1.29, 1.82) is 0 Å². The van der Waals surface area contributed by atoms with Crippen LogP contribution in [-0.4, -0.2) is 18.9 Å². The van der Waals surface area contributed by atoms with Gasteiger partial charge in [-0.25, -0.2) is 0 Å². The molecule has 0 saturated carbocycles. The molecule has 0 heterocycles. The van der Waals surface area contributed by atoms with Crippen LogP contribution in [0.5, 0.6) is 0 Å². The van der Waals surface area contributed by atoms with E-state index in [0.717, 1.165) is 18.4 Å². The molecule has 0 unspecified atom stereocenters. The molecule has 2 nitrogen and oxygen atoms in total. The predicted molar refractivity (Wildman–Crippen MR) is 69.6 cm³/mol. The Morgan fingerprint density at radius 3 is 2.56 bits per heavy atom. The second-order valence-electron chi connectivity index (χ2n) is 4.52. The minimum absolute atomic E-state index is 0.00242. The Hall–Kier alpha value is -1.02. The van der Waals surface area contributed by atoms with Gasteiger partial charge in [0.05, 0.1) is 10.6 Å². The third-order valence-corrected chi connectivity index (χ3v) is 3.61. The zero-order valence-electron chi connectivity index (χ0n) is 10.2. The van der Waals surface area contributed by atoms with Crippen molar-refractivity contribution in [3.05, 3.63) is 28.8 Å². The second-order valence-corrected chi connectivity index (χ2v) is 4.92. The topological polar surface area (TPSA) is 20.3 Å². The average molecular weight is 240 g/mol. The van der Waals surface area contributed by atoms with Crippen molar-refractivity contribution in [3.63, 3.8) is 0 Å². The van der Waals surface area contributed by atoms with Crippen molar-refractivity contribution in [2.45, 2.75) is 32.7 Å². The smallest absolute Gasteiger partial charge is 0.153 e. The van der Waals surface area contributed by atoms with Crippen molar-refractivity contribution < 1.29 is 4.79 Å². The van der Waals surface area contributed by atoms with Gasteiger partial charge in [-0.2, -0.15) is 0 Å². The lowest BCUT2D eigenvalue weighted by molar-refractivity contribution is 0.112. The molecule has 0 fully saturated rings. The number of carbonyl (C=O) groups excluding carboxylic acids is 1. The third kappa shape index (κ3) is 2.38. The highest BCUT2D eigenvalue weighted by atomic mass is 35.5. The summed E-state index contributed by atoms with van der Waals surface area (Å²) < 4.78 is 0. The first kappa shape index (κ1) is 13.0. The van der Waals surface area contributed by atoms with Gasteiger partial charge in [0.2, 0.25) is 0 Å². The monoisotopic (exact) mass is 239 g/mol. The van der Waals surface area contributed by atoms with Gasteiger partial charge in [-0.3, -0.25) is 4.79 Å². The molecule has 1 aromatic carbocycles. The Morgan fingerprint density at radius 1 is 1.44 bits per heavy atom. The van der Waals surface area contributed by atoms with Gasteiger partial charge in [-0.05, 0) is 32.4 Å². The predicted octanol–water partition coefficient (Wildman–Crippen LogP) is 3.78. The fourth-order valence-corrected chi connectivity index (χ4v) is 1.71. The standard InChI is InChI=1S/C13H18ClNO/c1-5-13(2,3)15(4)12-8-6-7-11(14)10(12)9-16/h6-9H,5H2,1-4H3. The van der Waals surface area contributed by atoms with E-state index in [2.05, 4.69) is 25.7 Å². The highest BCUT2D eigenvalue weighted by molar-refractivity contribution is 6.33. The molecule has 0 aliphatic rings. The van der Waals surface area contributed by atoms with Gasteiger partial charge >= 0.3 is 0 Å². The van der Waals surface area contributed by atoms with E-state index in [0.29, 0.717) is 10.6 Å². The number of rotatable bonds is 4. The largest absolute Gasteiger partial charge is 0.369 e. The zero-order valence-corrected chi connectivity index (χ0v) is 11.0. The van der Waals surface area contributed by atoms with Gasteiger partial charge in [0.25, 0.3) is 0 Å². The maximum absolute atomic E-state index is 11.1. The van der Waals surface area contributed by atoms with Crippen LogP contribution in [0.2, 0.25) is 5.02 Å². The van der Waals surface area contributed by atoms with Crippen LogP contribution in [0.4, 0.5) is 5.69 Å². The summed E-state index contributed by atoms with van der Waals surface area (Å²) in [4.78, 5) is 13.2. The number of nitrogens with zero attached hydrogens (tertiary/aromatic N) is 1. The lowest BCUT2D eigenvalue weighted by Crippen LogP contribution is -2.41. The molecule has 0 radical (unpaired) electrons. The van der Waals surface area contributed by atoms with E-state index in [1.54, 1.807) is 6.07 Å². The summed E-state index contributed by atoms with van der Waals surface area (Å²) in [6.45, 7) is 6.41. The third-order valence-electron chi connectivity index (χ3n) is 3.28. The summed E-state index contributed by atoms with van der Waals surface area (Å²) in [6, 6.07) is 5.53. The molecule has 88 valence electrons. The number of hydrogen-bond donors (Lipinski definition) is 0. The molecular formula is C13H18ClNO. The molecule has 0 atom stereocenters. The van der Waals surface area contributed by atoms with E-state index in [1.807, 2.05) is 19.2 Å². The van der Waals surface area contributed by atoms with Crippen molar-refractivity contribution in [2.75, 3.05) is 11.9 Å². The molecule has 0 spiro atoms. The van der Waals surface area contributed by atoms with Gasteiger partial charge in [-0.15, -0.1) is 0 Å². The molecule has 16 heavy (non-hydrogen) atoms. The molecule has 3 heteroatoms. The van der Waals surface area contributed by atoms with Crippen molar-refractivity contribution >= 4 is 23.6 Å². The van der Waals surface area contributed by atoms with E-state index >= 15 is 0 Å². The first-order valence-electron chi connectivity index (χ1n) is 5.41. The van der Waals surface area contributed by atoms with Crippen LogP contribution in [0.1, 0.15) is 37.6 Å². The Bertz CT molecular complexity index is 388. The number of carbonyl (C=O) groups is 1. The Labute approximate surface area is 102 Å². The SMILES string of the molecule is CCC(C)(C)N(C)c1cccc(Cl)c1C=O. The van der Waals surface area contributed by atoms with E-state index in [9.17, 15) is 4.79 Å². The Morgan fingerprint density at radius 2 is 2.06 bits per heavy atom. The maximum atomic E-state index is 11.1. The van der Waals surface area contributed by atoms with Crippen molar-refractivity contribution in [1.82, 2.24) is 0 Å². The number of aldehydes is 1. The number of anilines is 1. The van der Waals surface area contributed by atoms with Gasteiger partial charge in [0, 0.05) is 18.3 Å². The number of halogens is 1. The van der Waals surface area contributed by atoms with Crippen LogP contribution < -0.4 is 4.90 Å². The maximum Gasteiger partial charge on any atom is 0.153 e. The highest BCUT2D eigenvalue weighted by Gasteiger charge is 2.23. The van der Waals surface area contributed by atoms with Crippen LogP contribution in [0, 0.1) is 0 Å².